The molecule has 10 heteroatoms. The molecule has 40 heavy (non-hydrogen) atoms. The number of nitrogens with one attached hydrogen (secondary N) is 1. The van der Waals surface area contributed by atoms with Crippen LogP contribution < -0.4 is 24.4 Å². The average molecular weight is 546 g/mol. The lowest BCUT2D eigenvalue weighted by Crippen LogP contribution is -2.51. The summed E-state index contributed by atoms with van der Waals surface area (Å²) in [6.45, 7) is 5.73. The number of ether oxygens (including phenoxy) is 3. The number of para-hydroxylation sites is 1. The Hall–Kier alpha value is -4.60. The van der Waals surface area contributed by atoms with Gasteiger partial charge in [0, 0.05) is 17.3 Å². The number of carbonyl (C=O) groups excluding carboxylic acids is 2. The normalized spacial score (nSPS) is 12.1. The van der Waals surface area contributed by atoms with E-state index in [9.17, 15) is 9.59 Å². The molecule has 2 amide bonds. The average Bonchev–Trinajstić information content (AvgIpc) is 3.37. The molecule has 0 aliphatic heterocycles. The first-order valence-electron chi connectivity index (χ1n) is 13.0. The number of anilines is 1. The van der Waals surface area contributed by atoms with E-state index in [2.05, 4.69) is 15.6 Å². The van der Waals surface area contributed by atoms with Crippen molar-refractivity contribution in [1.82, 2.24) is 20.3 Å². The van der Waals surface area contributed by atoms with Gasteiger partial charge in [0.05, 0.1) is 26.8 Å². The molecule has 0 saturated heterocycles. The fourth-order valence-electron chi connectivity index (χ4n) is 4.37. The number of nitrogens with zero attached hydrogens (tertiary/aromatic N) is 4. The van der Waals surface area contributed by atoms with Gasteiger partial charge in [-0.05, 0) is 62.2 Å². The van der Waals surface area contributed by atoms with Crippen LogP contribution in [-0.2, 0) is 16.1 Å². The molecule has 0 bridgehead atoms. The predicted molar refractivity (Wildman–Crippen MR) is 153 cm³/mol. The Bertz CT molecular complexity index is 1500. The van der Waals surface area contributed by atoms with Crippen LogP contribution in [0.4, 0.5) is 5.69 Å². The Morgan fingerprint density at radius 3 is 2.40 bits per heavy atom. The van der Waals surface area contributed by atoms with Crippen molar-refractivity contribution in [3.63, 3.8) is 0 Å². The second kappa shape index (κ2) is 12.1. The van der Waals surface area contributed by atoms with Crippen LogP contribution in [-0.4, -0.2) is 53.7 Å². The van der Waals surface area contributed by atoms with Crippen molar-refractivity contribution < 1.29 is 23.8 Å². The molecule has 1 atom stereocenters. The number of rotatable bonds is 11. The third-order valence-electron chi connectivity index (χ3n) is 6.88. The molecule has 4 aromatic rings. The largest absolute Gasteiger partial charge is 0.497 e. The summed E-state index contributed by atoms with van der Waals surface area (Å²) in [7, 11) is 4.61. The van der Waals surface area contributed by atoms with Crippen LogP contribution in [0, 0.1) is 0 Å². The molecule has 0 spiro atoms. The standard InChI is InChI=1S/C30H35N5O5/c1-7-30(2,3)31-29(37)28(20-11-10-12-22(17-20)38-4)35(21-15-16-25(39-5)26(18-21)40-6)27(36)19-34-24-14-9-8-13-23(24)32-33-34/h8-18,28H,7,19H2,1-6H3,(H,31,37). The van der Waals surface area contributed by atoms with Gasteiger partial charge in [0.2, 0.25) is 11.8 Å². The highest BCUT2D eigenvalue weighted by Crippen LogP contribution is 2.36. The highest BCUT2D eigenvalue weighted by atomic mass is 16.5. The fourth-order valence-corrected chi connectivity index (χ4v) is 4.37. The minimum absolute atomic E-state index is 0.153. The SMILES string of the molecule is CCC(C)(C)NC(=O)C(c1cccc(OC)c1)N(C(=O)Cn1nnc2ccccc21)c1ccc(OC)c(OC)c1. The number of hydrogen-bond acceptors (Lipinski definition) is 7. The maximum atomic E-state index is 14.3. The summed E-state index contributed by atoms with van der Waals surface area (Å²) in [5.41, 5.74) is 1.89. The molecule has 0 aliphatic rings. The van der Waals surface area contributed by atoms with Crippen molar-refractivity contribution >= 4 is 28.5 Å². The third-order valence-corrected chi connectivity index (χ3v) is 6.88. The summed E-state index contributed by atoms with van der Waals surface area (Å²) in [5.74, 6) is 0.761. The smallest absolute Gasteiger partial charge is 0.249 e. The summed E-state index contributed by atoms with van der Waals surface area (Å²) >= 11 is 0. The number of hydrogen-bond donors (Lipinski definition) is 1. The van der Waals surface area contributed by atoms with E-state index in [0.717, 1.165) is 0 Å². The molecule has 1 aromatic heterocycles. The van der Waals surface area contributed by atoms with Crippen LogP contribution in [0.15, 0.2) is 66.7 Å². The van der Waals surface area contributed by atoms with E-state index in [0.29, 0.717) is 46.0 Å². The molecule has 0 radical (unpaired) electrons. The predicted octanol–water partition coefficient (Wildman–Crippen LogP) is 4.54. The van der Waals surface area contributed by atoms with Crippen LogP contribution in [0.5, 0.6) is 17.2 Å². The van der Waals surface area contributed by atoms with E-state index in [1.807, 2.05) is 45.0 Å². The number of amides is 2. The minimum Gasteiger partial charge on any atom is -0.497 e. The molecule has 1 heterocycles. The lowest BCUT2D eigenvalue weighted by molar-refractivity contribution is -0.128. The summed E-state index contributed by atoms with van der Waals surface area (Å²) in [5, 5.41) is 11.5. The van der Waals surface area contributed by atoms with Gasteiger partial charge in [-0.15, -0.1) is 5.10 Å². The van der Waals surface area contributed by atoms with Gasteiger partial charge in [-0.3, -0.25) is 14.5 Å². The third kappa shape index (κ3) is 6.01. The van der Waals surface area contributed by atoms with Crippen molar-refractivity contribution in [2.24, 2.45) is 0 Å². The first-order valence-corrected chi connectivity index (χ1v) is 13.0. The zero-order chi connectivity index (χ0) is 28.9. The second-order valence-electron chi connectivity index (χ2n) is 9.94. The molecule has 4 rings (SSSR count). The van der Waals surface area contributed by atoms with Crippen molar-refractivity contribution in [1.29, 1.82) is 0 Å². The van der Waals surface area contributed by atoms with Gasteiger partial charge in [-0.25, -0.2) is 4.68 Å². The van der Waals surface area contributed by atoms with Crippen molar-refractivity contribution in [3.05, 3.63) is 72.3 Å². The maximum Gasteiger partial charge on any atom is 0.249 e. The van der Waals surface area contributed by atoms with Crippen LogP contribution in [0.2, 0.25) is 0 Å². The lowest BCUT2D eigenvalue weighted by Gasteiger charge is -2.35. The Balaban J connectivity index is 1.89. The monoisotopic (exact) mass is 545 g/mol. The number of methoxy groups -OCH3 is 3. The Labute approximate surface area is 233 Å². The minimum atomic E-state index is -1.04. The van der Waals surface area contributed by atoms with Gasteiger partial charge < -0.3 is 19.5 Å². The number of carbonyl (C=O) groups is 2. The van der Waals surface area contributed by atoms with Gasteiger partial charge in [0.25, 0.3) is 0 Å². The molecule has 3 aromatic carbocycles. The Kier molecular flexibility index (Phi) is 8.57. The lowest BCUT2D eigenvalue weighted by atomic mass is 9.98. The molecule has 0 aliphatic carbocycles. The fraction of sp³-hybridized carbons (Fsp3) is 0.333. The first-order chi connectivity index (χ1) is 19.2. The van der Waals surface area contributed by atoms with Gasteiger partial charge >= 0.3 is 0 Å². The number of aromatic nitrogens is 3. The molecule has 0 fully saturated rings. The molecule has 210 valence electrons. The highest BCUT2D eigenvalue weighted by Gasteiger charge is 2.36. The molecule has 0 saturated carbocycles. The number of benzene rings is 3. The van der Waals surface area contributed by atoms with Gasteiger partial charge in [-0.1, -0.05) is 36.4 Å². The van der Waals surface area contributed by atoms with Crippen molar-refractivity contribution in [2.75, 3.05) is 26.2 Å². The molecule has 1 unspecified atom stereocenters. The van der Waals surface area contributed by atoms with Gasteiger partial charge in [0.15, 0.2) is 11.5 Å². The summed E-state index contributed by atoms with van der Waals surface area (Å²) in [4.78, 5) is 29.8. The summed E-state index contributed by atoms with van der Waals surface area (Å²) in [6.07, 6.45) is 0.693. The summed E-state index contributed by atoms with van der Waals surface area (Å²) < 4.78 is 17.9. The summed E-state index contributed by atoms with van der Waals surface area (Å²) in [6, 6.07) is 18.6. The second-order valence-corrected chi connectivity index (χ2v) is 9.94. The van der Waals surface area contributed by atoms with Crippen LogP contribution in [0.1, 0.15) is 38.8 Å². The highest BCUT2D eigenvalue weighted by molar-refractivity contribution is 6.02. The molecular formula is C30H35N5O5. The van der Waals surface area contributed by atoms with Crippen molar-refractivity contribution in [3.8, 4) is 17.2 Å². The zero-order valence-electron chi connectivity index (χ0n) is 23.7. The molecular weight excluding hydrogens is 510 g/mol. The molecule has 1 N–H and O–H groups in total. The quantitative estimate of drug-likeness (QED) is 0.295. The van der Waals surface area contributed by atoms with E-state index in [4.69, 9.17) is 14.2 Å². The van der Waals surface area contributed by atoms with Crippen molar-refractivity contribution in [2.45, 2.75) is 45.3 Å². The van der Waals surface area contributed by atoms with Crippen LogP contribution in [0.3, 0.4) is 0 Å². The van der Waals surface area contributed by atoms with E-state index in [-0.39, 0.29) is 18.4 Å². The maximum absolute atomic E-state index is 14.3. The van der Waals surface area contributed by atoms with Gasteiger partial charge in [-0.2, -0.15) is 0 Å². The molecule has 10 nitrogen and oxygen atoms in total. The van der Waals surface area contributed by atoms with Crippen LogP contribution >= 0.6 is 0 Å². The number of fused-ring (bicyclic) bond motifs is 1. The van der Waals surface area contributed by atoms with E-state index < -0.39 is 11.6 Å². The Morgan fingerprint density at radius 1 is 0.950 bits per heavy atom. The van der Waals surface area contributed by atoms with E-state index in [1.54, 1.807) is 49.6 Å². The van der Waals surface area contributed by atoms with Crippen LogP contribution in [0.25, 0.3) is 11.0 Å². The van der Waals surface area contributed by atoms with E-state index in [1.165, 1.54) is 23.8 Å². The first kappa shape index (κ1) is 28.4. The Morgan fingerprint density at radius 2 is 1.70 bits per heavy atom. The van der Waals surface area contributed by atoms with Gasteiger partial charge in [0.1, 0.15) is 23.9 Å². The zero-order valence-corrected chi connectivity index (χ0v) is 23.7. The van der Waals surface area contributed by atoms with E-state index >= 15 is 0 Å². The topological polar surface area (TPSA) is 108 Å².